The van der Waals surface area contributed by atoms with E-state index in [1.165, 1.54) is 0 Å². The van der Waals surface area contributed by atoms with E-state index in [0.29, 0.717) is 6.54 Å². The van der Waals surface area contributed by atoms with Crippen molar-refractivity contribution in [3.63, 3.8) is 0 Å². The van der Waals surface area contributed by atoms with Crippen LogP contribution in [0.3, 0.4) is 0 Å². The van der Waals surface area contributed by atoms with Crippen molar-refractivity contribution in [3.05, 3.63) is 72.1 Å². The van der Waals surface area contributed by atoms with Crippen molar-refractivity contribution in [2.45, 2.75) is 6.54 Å². The molecule has 3 rings (SSSR count). The summed E-state index contributed by atoms with van der Waals surface area (Å²) in [5.74, 6) is -0.925. The van der Waals surface area contributed by atoms with Gasteiger partial charge in [-0.1, -0.05) is 30.3 Å². The average Bonchev–Trinajstić information content (AvgIpc) is 2.53. The molecule has 0 radical (unpaired) electrons. The number of nitrogens with zero attached hydrogens (tertiary/aromatic N) is 1. The lowest BCUT2D eigenvalue weighted by molar-refractivity contribution is 0.0697. The van der Waals surface area contributed by atoms with E-state index in [0.717, 1.165) is 22.0 Å². The molecule has 0 spiro atoms. The van der Waals surface area contributed by atoms with Crippen molar-refractivity contribution in [2.24, 2.45) is 0 Å². The number of benzene rings is 2. The first kappa shape index (κ1) is 13.1. The zero-order valence-corrected chi connectivity index (χ0v) is 11.3. The fraction of sp³-hybridized carbons (Fsp3) is 0.0588. The monoisotopic (exact) mass is 278 g/mol. The van der Waals surface area contributed by atoms with E-state index in [4.69, 9.17) is 5.11 Å². The largest absolute Gasteiger partial charge is 0.478 e. The van der Waals surface area contributed by atoms with Gasteiger partial charge in [-0.15, -0.1) is 0 Å². The number of rotatable bonds is 4. The second-order valence-corrected chi connectivity index (χ2v) is 4.76. The topological polar surface area (TPSA) is 62.2 Å². The van der Waals surface area contributed by atoms with Crippen molar-refractivity contribution < 1.29 is 9.90 Å². The van der Waals surface area contributed by atoms with Crippen LogP contribution in [-0.2, 0) is 6.54 Å². The molecule has 0 unspecified atom stereocenters. The number of hydrogen-bond donors (Lipinski definition) is 2. The van der Waals surface area contributed by atoms with Gasteiger partial charge < -0.3 is 10.4 Å². The van der Waals surface area contributed by atoms with Gasteiger partial charge in [0.2, 0.25) is 0 Å². The minimum Gasteiger partial charge on any atom is -0.478 e. The highest BCUT2D eigenvalue weighted by molar-refractivity contribution is 5.89. The molecule has 2 N–H and O–H groups in total. The highest BCUT2D eigenvalue weighted by atomic mass is 16.4. The minimum atomic E-state index is -0.925. The summed E-state index contributed by atoms with van der Waals surface area (Å²) in [6.07, 6.45) is 3.67. The number of aromatic nitrogens is 1. The highest BCUT2D eigenvalue weighted by Gasteiger charge is 2.04. The Balaban J connectivity index is 1.84. The molecule has 21 heavy (non-hydrogen) atoms. The van der Waals surface area contributed by atoms with E-state index in [-0.39, 0.29) is 5.56 Å². The van der Waals surface area contributed by atoms with Gasteiger partial charge in [0.25, 0.3) is 0 Å². The number of nitrogens with one attached hydrogen (secondary N) is 1. The zero-order chi connectivity index (χ0) is 14.7. The number of aromatic carboxylic acids is 1. The molecule has 0 amide bonds. The van der Waals surface area contributed by atoms with Gasteiger partial charge in [-0.3, -0.25) is 4.98 Å². The quantitative estimate of drug-likeness (QED) is 0.766. The molecule has 1 heterocycles. The molecular formula is C17H14N2O2. The van der Waals surface area contributed by atoms with Gasteiger partial charge >= 0.3 is 5.97 Å². The summed E-state index contributed by atoms with van der Waals surface area (Å²) in [7, 11) is 0. The molecule has 0 saturated carbocycles. The Bertz CT molecular complexity index is 794. The Hall–Kier alpha value is -2.88. The number of carboxylic acid groups (broad SMARTS) is 1. The number of anilines is 1. The first-order valence-electron chi connectivity index (χ1n) is 6.63. The van der Waals surface area contributed by atoms with E-state index in [1.807, 2.05) is 36.7 Å². The second kappa shape index (κ2) is 5.63. The molecule has 104 valence electrons. The summed E-state index contributed by atoms with van der Waals surface area (Å²) in [6.45, 7) is 0.595. The third-order valence-electron chi connectivity index (χ3n) is 3.34. The Morgan fingerprint density at radius 1 is 1.10 bits per heavy atom. The van der Waals surface area contributed by atoms with Crippen LogP contribution in [-0.4, -0.2) is 16.1 Å². The molecular weight excluding hydrogens is 264 g/mol. The van der Waals surface area contributed by atoms with Crippen molar-refractivity contribution >= 4 is 22.4 Å². The number of carbonyl (C=O) groups is 1. The molecule has 0 bridgehead atoms. The van der Waals surface area contributed by atoms with Crippen LogP contribution in [0.15, 0.2) is 60.9 Å². The number of fused-ring (bicyclic) bond motifs is 1. The SMILES string of the molecule is O=C(O)c1cccc(NCc2cncc3ccccc23)c1. The van der Waals surface area contributed by atoms with E-state index in [2.05, 4.69) is 16.4 Å². The van der Waals surface area contributed by atoms with E-state index in [1.54, 1.807) is 18.2 Å². The van der Waals surface area contributed by atoms with Crippen LogP contribution in [0.25, 0.3) is 10.8 Å². The Morgan fingerprint density at radius 3 is 2.81 bits per heavy atom. The molecule has 4 nitrogen and oxygen atoms in total. The van der Waals surface area contributed by atoms with Crippen LogP contribution >= 0.6 is 0 Å². The average molecular weight is 278 g/mol. The molecule has 1 aromatic heterocycles. The Labute approximate surface area is 122 Å². The van der Waals surface area contributed by atoms with Crippen molar-refractivity contribution in [2.75, 3.05) is 5.32 Å². The molecule has 0 aliphatic carbocycles. The molecule has 0 saturated heterocycles. The predicted molar refractivity (Wildman–Crippen MR) is 82.5 cm³/mol. The molecule has 0 aliphatic heterocycles. The van der Waals surface area contributed by atoms with Crippen LogP contribution < -0.4 is 5.32 Å². The normalized spacial score (nSPS) is 10.5. The summed E-state index contributed by atoms with van der Waals surface area (Å²) >= 11 is 0. The van der Waals surface area contributed by atoms with Gasteiger partial charge in [0, 0.05) is 30.0 Å². The molecule has 2 aromatic carbocycles. The maximum atomic E-state index is 11.0. The lowest BCUT2D eigenvalue weighted by atomic mass is 10.1. The van der Waals surface area contributed by atoms with Gasteiger partial charge in [0.05, 0.1) is 5.56 Å². The molecule has 0 atom stereocenters. The number of carboxylic acids is 1. The summed E-state index contributed by atoms with van der Waals surface area (Å²) in [5, 5.41) is 14.5. The summed E-state index contributed by atoms with van der Waals surface area (Å²) in [5.41, 5.74) is 2.13. The van der Waals surface area contributed by atoms with Gasteiger partial charge in [-0.2, -0.15) is 0 Å². The summed E-state index contributed by atoms with van der Waals surface area (Å²) < 4.78 is 0. The fourth-order valence-corrected chi connectivity index (χ4v) is 2.28. The van der Waals surface area contributed by atoms with E-state index >= 15 is 0 Å². The number of pyridine rings is 1. The lowest BCUT2D eigenvalue weighted by Crippen LogP contribution is -2.02. The minimum absolute atomic E-state index is 0.274. The predicted octanol–water partition coefficient (Wildman–Crippen LogP) is 3.55. The van der Waals surface area contributed by atoms with Crippen molar-refractivity contribution in [3.8, 4) is 0 Å². The van der Waals surface area contributed by atoms with Crippen LogP contribution in [0.5, 0.6) is 0 Å². The lowest BCUT2D eigenvalue weighted by Gasteiger charge is -2.09. The van der Waals surface area contributed by atoms with Gasteiger partial charge in [-0.25, -0.2) is 4.79 Å². The first-order chi connectivity index (χ1) is 10.2. The standard InChI is InChI=1S/C17H14N2O2/c20-17(21)12-5-3-6-15(8-12)19-11-14-10-18-9-13-4-1-2-7-16(13)14/h1-10,19H,11H2,(H,20,21). The van der Waals surface area contributed by atoms with E-state index in [9.17, 15) is 4.79 Å². The Kier molecular flexibility index (Phi) is 3.51. The van der Waals surface area contributed by atoms with Crippen LogP contribution in [0, 0.1) is 0 Å². The molecule has 3 aromatic rings. The fourth-order valence-electron chi connectivity index (χ4n) is 2.28. The zero-order valence-electron chi connectivity index (χ0n) is 11.3. The summed E-state index contributed by atoms with van der Waals surface area (Å²) in [4.78, 5) is 15.2. The maximum absolute atomic E-state index is 11.0. The van der Waals surface area contributed by atoms with Crippen LogP contribution in [0.1, 0.15) is 15.9 Å². The maximum Gasteiger partial charge on any atom is 0.335 e. The van der Waals surface area contributed by atoms with Crippen LogP contribution in [0.4, 0.5) is 5.69 Å². The summed E-state index contributed by atoms with van der Waals surface area (Å²) in [6, 6.07) is 14.8. The van der Waals surface area contributed by atoms with Crippen LogP contribution in [0.2, 0.25) is 0 Å². The number of hydrogen-bond acceptors (Lipinski definition) is 3. The Morgan fingerprint density at radius 2 is 1.95 bits per heavy atom. The molecule has 0 fully saturated rings. The van der Waals surface area contributed by atoms with Gasteiger partial charge in [-0.05, 0) is 29.1 Å². The third-order valence-corrected chi connectivity index (χ3v) is 3.34. The van der Waals surface area contributed by atoms with Gasteiger partial charge in [0.1, 0.15) is 0 Å². The van der Waals surface area contributed by atoms with Crippen molar-refractivity contribution in [1.29, 1.82) is 0 Å². The third kappa shape index (κ3) is 2.84. The van der Waals surface area contributed by atoms with E-state index < -0.39 is 5.97 Å². The highest BCUT2D eigenvalue weighted by Crippen LogP contribution is 2.19. The molecule has 4 heteroatoms. The second-order valence-electron chi connectivity index (χ2n) is 4.76. The first-order valence-corrected chi connectivity index (χ1v) is 6.63. The van der Waals surface area contributed by atoms with Crippen molar-refractivity contribution in [1.82, 2.24) is 4.98 Å². The van der Waals surface area contributed by atoms with Gasteiger partial charge in [0.15, 0.2) is 0 Å². The smallest absolute Gasteiger partial charge is 0.335 e. The molecule has 0 aliphatic rings.